The van der Waals surface area contributed by atoms with E-state index in [1.54, 1.807) is 0 Å². The summed E-state index contributed by atoms with van der Waals surface area (Å²) >= 11 is 0. The lowest BCUT2D eigenvalue weighted by molar-refractivity contribution is 0.276. The lowest BCUT2D eigenvalue weighted by Gasteiger charge is -2.33. The second kappa shape index (κ2) is 5.65. The molecule has 1 heterocycles. The fourth-order valence-corrected chi connectivity index (χ4v) is 3.10. The van der Waals surface area contributed by atoms with Crippen molar-refractivity contribution in [1.82, 2.24) is 10.2 Å². The highest BCUT2D eigenvalue weighted by Gasteiger charge is 2.24. The molecule has 20 heavy (non-hydrogen) atoms. The molecule has 1 saturated carbocycles. The minimum atomic E-state index is 0.566. The second-order valence-corrected chi connectivity index (χ2v) is 5.97. The monoisotopic (exact) mass is 271 g/mol. The average Bonchev–Trinajstić information content (AvgIpc) is 2.97. The van der Waals surface area contributed by atoms with Crippen LogP contribution >= 0.6 is 0 Å². The zero-order valence-electron chi connectivity index (χ0n) is 12.0. The molecule has 0 saturated heterocycles. The van der Waals surface area contributed by atoms with E-state index in [0.29, 0.717) is 11.9 Å². The molecule has 3 unspecified atom stereocenters. The van der Waals surface area contributed by atoms with Gasteiger partial charge in [0.05, 0.1) is 0 Å². The van der Waals surface area contributed by atoms with Crippen LogP contribution in [0.3, 0.4) is 0 Å². The van der Waals surface area contributed by atoms with E-state index in [2.05, 4.69) is 41.5 Å². The van der Waals surface area contributed by atoms with E-state index >= 15 is 0 Å². The Balaban J connectivity index is 1.66. The van der Waals surface area contributed by atoms with Gasteiger partial charge in [-0.05, 0) is 55.4 Å². The fourth-order valence-electron chi connectivity index (χ4n) is 3.10. The molecule has 1 aromatic heterocycles. The van der Waals surface area contributed by atoms with Gasteiger partial charge in [-0.25, -0.2) is 0 Å². The molecule has 0 spiro atoms. The number of benzene rings is 1. The number of nitrogens with zero attached hydrogens (tertiary/aromatic N) is 2. The maximum absolute atomic E-state index is 5.20. The van der Waals surface area contributed by atoms with Crippen LogP contribution in [-0.2, 0) is 0 Å². The summed E-state index contributed by atoms with van der Waals surface area (Å²) in [4.78, 5) is 0. The molecular formula is C16H21N3O. The summed E-state index contributed by atoms with van der Waals surface area (Å²) in [6.07, 6.45) is 5.25. The molecule has 1 N–H and O–H groups in total. The lowest BCUT2D eigenvalue weighted by Crippen LogP contribution is -2.32. The summed E-state index contributed by atoms with van der Waals surface area (Å²) in [5.41, 5.74) is 2.12. The quantitative estimate of drug-likeness (QED) is 0.917. The molecule has 0 amide bonds. The Morgan fingerprint density at radius 3 is 2.60 bits per heavy atom. The first-order chi connectivity index (χ1) is 9.72. The van der Waals surface area contributed by atoms with Crippen LogP contribution in [0, 0.1) is 11.8 Å². The van der Waals surface area contributed by atoms with Crippen LogP contribution in [0.25, 0.3) is 11.5 Å². The lowest BCUT2D eigenvalue weighted by atomic mass is 9.80. The highest BCUT2D eigenvalue weighted by atomic mass is 16.4. The SMILES string of the molecule is CC1CCC(Nc2ccc(-c3nnco3)cc2)C(C)C1. The summed E-state index contributed by atoms with van der Waals surface area (Å²) < 4.78 is 5.20. The predicted molar refractivity (Wildman–Crippen MR) is 79.3 cm³/mol. The molecular weight excluding hydrogens is 250 g/mol. The van der Waals surface area contributed by atoms with Gasteiger partial charge in [0, 0.05) is 17.3 Å². The Labute approximate surface area is 119 Å². The molecule has 4 heteroatoms. The summed E-state index contributed by atoms with van der Waals surface area (Å²) in [5.74, 6) is 2.16. The Morgan fingerprint density at radius 2 is 1.95 bits per heavy atom. The third-order valence-electron chi connectivity index (χ3n) is 4.28. The van der Waals surface area contributed by atoms with E-state index < -0.39 is 0 Å². The Hall–Kier alpha value is -1.84. The van der Waals surface area contributed by atoms with E-state index in [1.165, 1.54) is 31.3 Å². The van der Waals surface area contributed by atoms with Crippen molar-refractivity contribution in [2.75, 3.05) is 5.32 Å². The van der Waals surface area contributed by atoms with E-state index in [-0.39, 0.29) is 0 Å². The van der Waals surface area contributed by atoms with Crippen molar-refractivity contribution in [3.63, 3.8) is 0 Å². The zero-order chi connectivity index (χ0) is 13.9. The maximum Gasteiger partial charge on any atom is 0.247 e. The predicted octanol–water partition coefficient (Wildman–Crippen LogP) is 3.97. The highest BCUT2D eigenvalue weighted by Crippen LogP contribution is 2.31. The summed E-state index contributed by atoms with van der Waals surface area (Å²) in [6.45, 7) is 4.70. The van der Waals surface area contributed by atoms with Crippen LogP contribution in [0.1, 0.15) is 33.1 Å². The van der Waals surface area contributed by atoms with Crippen LogP contribution in [0.5, 0.6) is 0 Å². The molecule has 1 aliphatic carbocycles. The zero-order valence-corrected chi connectivity index (χ0v) is 12.0. The molecule has 4 nitrogen and oxygen atoms in total. The van der Waals surface area contributed by atoms with Crippen LogP contribution in [0.4, 0.5) is 5.69 Å². The highest BCUT2D eigenvalue weighted by molar-refractivity contribution is 5.58. The first kappa shape index (κ1) is 13.2. The van der Waals surface area contributed by atoms with Crippen molar-refractivity contribution < 1.29 is 4.42 Å². The first-order valence-corrected chi connectivity index (χ1v) is 7.35. The largest absolute Gasteiger partial charge is 0.423 e. The van der Waals surface area contributed by atoms with E-state index in [9.17, 15) is 0 Å². The Bertz CT molecular complexity index is 535. The number of hydrogen-bond acceptors (Lipinski definition) is 4. The van der Waals surface area contributed by atoms with Gasteiger partial charge in [0.1, 0.15) is 0 Å². The number of anilines is 1. The van der Waals surface area contributed by atoms with Gasteiger partial charge in [0.15, 0.2) is 0 Å². The number of hydrogen-bond donors (Lipinski definition) is 1. The molecule has 1 aromatic carbocycles. The van der Waals surface area contributed by atoms with Crippen LogP contribution in [0.2, 0.25) is 0 Å². The molecule has 2 aromatic rings. The van der Waals surface area contributed by atoms with Crippen LogP contribution in [-0.4, -0.2) is 16.2 Å². The van der Waals surface area contributed by atoms with Crippen LogP contribution in [0.15, 0.2) is 35.1 Å². The minimum absolute atomic E-state index is 0.566. The Morgan fingerprint density at radius 1 is 1.15 bits per heavy atom. The van der Waals surface area contributed by atoms with Gasteiger partial charge in [-0.1, -0.05) is 13.8 Å². The van der Waals surface area contributed by atoms with E-state index in [0.717, 1.165) is 17.4 Å². The van der Waals surface area contributed by atoms with Gasteiger partial charge in [-0.3, -0.25) is 0 Å². The first-order valence-electron chi connectivity index (χ1n) is 7.35. The number of aromatic nitrogens is 2. The smallest absolute Gasteiger partial charge is 0.247 e. The molecule has 3 rings (SSSR count). The van der Waals surface area contributed by atoms with Gasteiger partial charge < -0.3 is 9.73 Å². The normalized spacial score (nSPS) is 26.4. The van der Waals surface area contributed by atoms with Gasteiger partial charge in [-0.2, -0.15) is 0 Å². The Kier molecular flexibility index (Phi) is 3.72. The summed E-state index contributed by atoms with van der Waals surface area (Å²) in [6, 6.07) is 8.80. The van der Waals surface area contributed by atoms with Gasteiger partial charge in [0.2, 0.25) is 12.3 Å². The van der Waals surface area contributed by atoms with Crippen LogP contribution < -0.4 is 5.32 Å². The number of rotatable bonds is 3. The van der Waals surface area contributed by atoms with Crippen molar-refractivity contribution >= 4 is 5.69 Å². The van der Waals surface area contributed by atoms with Crippen molar-refractivity contribution in [2.24, 2.45) is 11.8 Å². The minimum Gasteiger partial charge on any atom is -0.423 e. The third kappa shape index (κ3) is 2.84. The molecule has 1 fully saturated rings. The third-order valence-corrected chi connectivity index (χ3v) is 4.28. The maximum atomic E-state index is 5.20. The molecule has 0 bridgehead atoms. The topological polar surface area (TPSA) is 51.0 Å². The van der Waals surface area contributed by atoms with Gasteiger partial charge in [0.25, 0.3) is 0 Å². The van der Waals surface area contributed by atoms with Crippen molar-refractivity contribution in [1.29, 1.82) is 0 Å². The molecule has 0 aliphatic heterocycles. The van der Waals surface area contributed by atoms with Crippen molar-refractivity contribution in [3.8, 4) is 11.5 Å². The summed E-state index contributed by atoms with van der Waals surface area (Å²) in [7, 11) is 0. The second-order valence-electron chi connectivity index (χ2n) is 5.97. The fraction of sp³-hybridized carbons (Fsp3) is 0.500. The summed E-state index contributed by atoms with van der Waals surface area (Å²) in [5, 5.41) is 11.3. The van der Waals surface area contributed by atoms with Crippen molar-refractivity contribution in [2.45, 2.75) is 39.2 Å². The molecule has 106 valence electrons. The number of nitrogens with one attached hydrogen (secondary N) is 1. The van der Waals surface area contributed by atoms with Gasteiger partial charge >= 0.3 is 0 Å². The molecule has 1 aliphatic rings. The average molecular weight is 271 g/mol. The standard InChI is InChI=1S/C16H21N3O/c1-11-3-8-15(12(2)9-11)18-14-6-4-13(5-7-14)16-19-17-10-20-16/h4-7,10-12,15,18H,3,8-9H2,1-2H3. The van der Waals surface area contributed by atoms with E-state index in [4.69, 9.17) is 4.42 Å². The molecule has 3 atom stereocenters. The molecule has 0 radical (unpaired) electrons. The van der Waals surface area contributed by atoms with Gasteiger partial charge in [-0.15, -0.1) is 10.2 Å². The van der Waals surface area contributed by atoms with E-state index in [1.807, 2.05) is 12.1 Å². The van der Waals surface area contributed by atoms with Crippen molar-refractivity contribution in [3.05, 3.63) is 30.7 Å².